The fourth-order valence-corrected chi connectivity index (χ4v) is 2.72. The number of amides is 1. The molecule has 3 unspecified atom stereocenters. The zero-order valence-electron chi connectivity index (χ0n) is 11.3. The Labute approximate surface area is 115 Å². The molecule has 1 amide bonds. The molecule has 104 valence electrons. The molecule has 0 radical (unpaired) electrons. The summed E-state index contributed by atoms with van der Waals surface area (Å²) in [4.78, 5) is 14.3. The molecule has 2 fully saturated rings. The van der Waals surface area contributed by atoms with Gasteiger partial charge < -0.3 is 10.1 Å². The van der Waals surface area contributed by atoms with Crippen LogP contribution in [0.3, 0.4) is 0 Å². The number of thiol groups is 1. The third-order valence-electron chi connectivity index (χ3n) is 3.87. The van der Waals surface area contributed by atoms with Crippen molar-refractivity contribution in [1.82, 2.24) is 10.2 Å². The van der Waals surface area contributed by atoms with Crippen molar-refractivity contribution in [2.24, 2.45) is 5.92 Å². The van der Waals surface area contributed by atoms with Crippen molar-refractivity contribution in [3.8, 4) is 0 Å². The second-order valence-corrected chi connectivity index (χ2v) is 6.24. The molecule has 0 aromatic carbocycles. The lowest BCUT2D eigenvalue weighted by Crippen LogP contribution is -2.50. The quantitative estimate of drug-likeness (QED) is 0.748. The summed E-state index contributed by atoms with van der Waals surface area (Å²) in [6.07, 6.45) is 2.67. The third-order valence-corrected chi connectivity index (χ3v) is 4.70. The maximum atomic E-state index is 11.8. The number of fused-ring (bicyclic) bond motifs is 1. The van der Waals surface area contributed by atoms with Gasteiger partial charge in [-0.25, -0.2) is 0 Å². The lowest BCUT2D eigenvalue weighted by molar-refractivity contribution is -0.122. The highest BCUT2D eigenvalue weighted by molar-refractivity contribution is 7.81. The number of carbonyl (C=O) groups is 1. The number of hydrogen-bond donors (Lipinski definition) is 2. The van der Waals surface area contributed by atoms with Gasteiger partial charge in [-0.3, -0.25) is 9.69 Å². The molecule has 0 saturated carbocycles. The number of carbonyl (C=O) groups excluding carboxylic acids is 1. The Morgan fingerprint density at radius 1 is 1.56 bits per heavy atom. The molecule has 18 heavy (non-hydrogen) atoms. The molecule has 5 heteroatoms. The minimum absolute atomic E-state index is 0.0143. The second-order valence-electron chi connectivity index (χ2n) is 5.68. The molecule has 2 saturated heterocycles. The predicted molar refractivity (Wildman–Crippen MR) is 75.0 cm³/mol. The van der Waals surface area contributed by atoms with E-state index in [-0.39, 0.29) is 23.2 Å². The lowest BCUT2D eigenvalue weighted by Gasteiger charge is -2.35. The molecule has 3 atom stereocenters. The number of ether oxygens (including phenoxy) is 1. The Hall–Kier alpha value is -0.260. The van der Waals surface area contributed by atoms with Crippen molar-refractivity contribution in [2.75, 3.05) is 26.2 Å². The Bertz CT molecular complexity index is 299. The van der Waals surface area contributed by atoms with Crippen LogP contribution in [0.25, 0.3) is 0 Å². The average molecular weight is 272 g/mol. The molecule has 1 N–H and O–H groups in total. The average Bonchev–Trinajstić information content (AvgIpc) is 2.82. The van der Waals surface area contributed by atoms with E-state index in [1.165, 1.54) is 19.4 Å². The van der Waals surface area contributed by atoms with Gasteiger partial charge in [0.1, 0.15) is 0 Å². The lowest BCUT2D eigenvalue weighted by atomic mass is 10.1. The van der Waals surface area contributed by atoms with Gasteiger partial charge in [0.2, 0.25) is 5.91 Å². The van der Waals surface area contributed by atoms with Crippen LogP contribution in [0.1, 0.15) is 26.7 Å². The Morgan fingerprint density at radius 3 is 3.06 bits per heavy atom. The summed E-state index contributed by atoms with van der Waals surface area (Å²) in [7, 11) is 0. The molecule has 2 aliphatic rings. The van der Waals surface area contributed by atoms with Crippen LogP contribution in [-0.4, -0.2) is 54.4 Å². The van der Waals surface area contributed by atoms with Crippen LogP contribution in [-0.2, 0) is 9.53 Å². The van der Waals surface area contributed by atoms with Crippen LogP contribution in [0.2, 0.25) is 0 Å². The van der Waals surface area contributed by atoms with Crippen molar-refractivity contribution in [3.05, 3.63) is 0 Å². The summed E-state index contributed by atoms with van der Waals surface area (Å²) < 4.78 is 5.80. The van der Waals surface area contributed by atoms with Crippen LogP contribution in [0, 0.1) is 5.92 Å². The smallest absolute Gasteiger partial charge is 0.233 e. The van der Waals surface area contributed by atoms with E-state index < -0.39 is 0 Å². The van der Waals surface area contributed by atoms with E-state index in [0.717, 1.165) is 13.2 Å². The molecule has 2 rings (SSSR count). The molecule has 4 nitrogen and oxygen atoms in total. The van der Waals surface area contributed by atoms with Crippen LogP contribution in [0.15, 0.2) is 0 Å². The first kappa shape index (κ1) is 14.2. The molecular formula is C13H24N2O2S. The summed E-state index contributed by atoms with van der Waals surface area (Å²) >= 11 is 4.31. The molecular weight excluding hydrogens is 248 g/mol. The second kappa shape index (κ2) is 6.26. The predicted octanol–water partition coefficient (Wildman–Crippen LogP) is 0.920. The number of hydrogen-bond acceptors (Lipinski definition) is 4. The van der Waals surface area contributed by atoms with E-state index in [2.05, 4.69) is 22.8 Å². The van der Waals surface area contributed by atoms with Gasteiger partial charge in [0.05, 0.1) is 18.0 Å². The van der Waals surface area contributed by atoms with Crippen molar-refractivity contribution in [2.45, 2.75) is 44.1 Å². The van der Waals surface area contributed by atoms with Gasteiger partial charge in [0.15, 0.2) is 0 Å². The summed E-state index contributed by atoms with van der Waals surface area (Å²) in [5, 5.41) is 2.72. The first-order chi connectivity index (χ1) is 8.58. The SMILES string of the molecule is CC(C)C(S)C(=O)NCC1CN2CCCC2CO1. The molecule has 2 aliphatic heterocycles. The minimum Gasteiger partial charge on any atom is -0.373 e. The summed E-state index contributed by atoms with van der Waals surface area (Å²) in [6, 6.07) is 0.616. The molecule has 0 aliphatic carbocycles. The maximum absolute atomic E-state index is 11.8. The van der Waals surface area contributed by atoms with Crippen LogP contribution in [0.5, 0.6) is 0 Å². The van der Waals surface area contributed by atoms with E-state index in [1.54, 1.807) is 0 Å². The highest BCUT2D eigenvalue weighted by Gasteiger charge is 2.32. The van der Waals surface area contributed by atoms with E-state index in [9.17, 15) is 4.79 Å². The number of rotatable bonds is 4. The normalized spacial score (nSPS) is 30.2. The van der Waals surface area contributed by atoms with Gasteiger partial charge in [-0.1, -0.05) is 13.8 Å². The van der Waals surface area contributed by atoms with Crippen molar-refractivity contribution < 1.29 is 9.53 Å². The van der Waals surface area contributed by atoms with Crippen molar-refractivity contribution >= 4 is 18.5 Å². The molecule has 0 bridgehead atoms. The monoisotopic (exact) mass is 272 g/mol. The maximum Gasteiger partial charge on any atom is 0.233 e. The summed E-state index contributed by atoms with van der Waals surface area (Å²) in [6.45, 7) is 7.55. The van der Waals surface area contributed by atoms with Crippen molar-refractivity contribution in [3.63, 3.8) is 0 Å². The van der Waals surface area contributed by atoms with Crippen LogP contribution >= 0.6 is 12.6 Å². The highest BCUT2D eigenvalue weighted by atomic mass is 32.1. The van der Waals surface area contributed by atoms with Gasteiger partial charge in [-0.05, 0) is 25.3 Å². The fraction of sp³-hybridized carbons (Fsp3) is 0.923. The zero-order chi connectivity index (χ0) is 13.1. The third kappa shape index (κ3) is 3.39. The molecule has 2 heterocycles. The van der Waals surface area contributed by atoms with Crippen molar-refractivity contribution in [1.29, 1.82) is 0 Å². The number of morpholine rings is 1. The number of nitrogens with zero attached hydrogens (tertiary/aromatic N) is 1. The topological polar surface area (TPSA) is 41.6 Å². The molecule has 0 aromatic rings. The minimum atomic E-state index is -0.229. The standard InChI is InChI=1S/C13H24N2O2S/c1-9(2)12(18)13(16)14-6-11-7-15-5-3-4-10(15)8-17-11/h9-12,18H,3-8H2,1-2H3,(H,14,16). The van der Waals surface area contributed by atoms with Gasteiger partial charge in [0.25, 0.3) is 0 Å². The first-order valence-corrected chi connectivity index (χ1v) is 7.41. The molecule has 0 aromatic heterocycles. The van der Waals surface area contributed by atoms with E-state index in [0.29, 0.717) is 12.6 Å². The fourth-order valence-electron chi connectivity index (χ4n) is 2.63. The summed E-state index contributed by atoms with van der Waals surface area (Å²) in [5.41, 5.74) is 0. The van der Waals surface area contributed by atoms with Gasteiger partial charge in [-0.15, -0.1) is 0 Å². The van der Waals surface area contributed by atoms with E-state index in [4.69, 9.17) is 4.74 Å². The van der Waals surface area contributed by atoms with E-state index >= 15 is 0 Å². The zero-order valence-corrected chi connectivity index (χ0v) is 12.2. The Morgan fingerprint density at radius 2 is 2.33 bits per heavy atom. The van der Waals surface area contributed by atoms with Crippen LogP contribution < -0.4 is 5.32 Å². The van der Waals surface area contributed by atoms with Gasteiger partial charge in [0, 0.05) is 19.1 Å². The summed E-state index contributed by atoms with van der Waals surface area (Å²) in [5.74, 6) is 0.268. The largest absolute Gasteiger partial charge is 0.373 e. The highest BCUT2D eigenvalue weighted by Crippen LogP contribution is 2.22. The van der Waals surface area contributed by atoms with Gasteiger partial charge >= 0.3 is 0 Å². The van der Waals surface area contributed by atoms with Crippen LogP contribution in [0.4, 0.5) is 0 Å². The number of nitrogens with one attached hydrogen (secondary N) is 1. The first-order valence-electron chi connectivity index (χ1n) is 6.89. The molecule has 0 spiro atoms. The Balaban J connectivity index is 1.72. The van der Waals surface area contributed by atoms with Gasteiger partial charge in [-0.2, -0.15) is 12.6 Å². The Kier molecular flexibility index (Phi) is 4.92. The van der Waals surface area contributed by atoms with E-state index in [1.807, 2.05) is 13.8 Å².